The molecule has 1 fully saturated rings. The van der Waals surface area contributed by atoms with E-state index in [1.165, 1.54) is 17.0 Å². The van der Waals surface area contributed by atoms with Gasteiger partial charge in [-0.2, -0.15) is 5.10 Å². The fraction of sp³-hybridized carbons (Fsp3) is 0.444. The van der Waals surface area contributed by atoms with Crippen molar-refractivity contribution in [2.24, 2.45) is 7.05 Å². The van der Waals surface area contributed by atoms with E-state index in [0.29, 0.717) is 12.8 Å². The van der Waals surface area contributed by atoms with Crippen molar-refractivity contribution in [3.05, 3.63) is 41.8 Å². The Morgan fingerprint density at radius 1 is 1.36 bits per heavy atom. The van der Waals surface area contributed by atoms with Gasteiger partial charge < -0.3 is 14.7 Å². The van der Waals surface area contributed by atoms with E-state index in [9.17, 15) is 14.3 Å². The zero-order chi connectivity index (χ0) is 18.1. The third-order valence-electron chi connectivity index (χ3n) is 4.88. The molecule has 1 amide bonds. The van der Waals surface area contributed by atoms with Crippen molar-refractivity contribution >= 4 is 5.91 Å². The summed E-state index contributed by atoms with van der Waals surface area (Å²) in [6.45, 7) is 0. The van der Waals surface area contributed by atoms with Crippen molar-refractivity contribution < 1.29 is 19.0 Å². The second-order valence-corrected chi connectivity index (χ2v) is 6.37. The second-order valence-electron chi connectivity index (χ2n) is 6.37. The highest BCUT2D eigenvalue weighted by Crippen LogP contribution is 2.27. The summed E-state index contributed by atoms with van der Waals surface area (Å²) in [7, 11) is 4.97. The van der Waals surface area contributed by atoms with Crippen molar-refractivity contribution in [2.45, 2.75) is 31.1 Å². The molecular weight excluding hydrogens is 325 g/mol. The highest BCUT2D eigenvalue weighted by atomic mass is 19.1. The fourth-order valence-corrected chi connectivity index (χ4v) is 3.40. The van der Waals surface area contributed by atoms with Crippen LogP contribution >= 0.6 is 0 Å². The Balaban J connectivity index is 1.81. The van der Waals surface area contributed by atoms with E-state index in [1.54, 1.807) is 44.1 Å². The lowest BCUT2D eigenvalue weighted by molar-refractivity contribution is -0.0157. The van der Waals surface area contributed by atoms with Crippen LogP contribution in [0.5, 0.6) is 0 Å². The number of hydrogen-bond acceptors (Lipinski definition) is 4. The lowest BCUT2D eigenvalue weighted by atomic mass is 10.1. The van der Waals surface area contributed by atoms with E-state index in [0.717, 1.165) is 11.3 Å². The van der Waals surface area contributed by atoms with Crippen molar-refractivity contribution in [2.75, 3.05) is 14.2 Å². The molecule has 2 aromatic rings. The van der Waals surface area contributed by atoms with Crippen LogP contribution in [0.2, 0.25) is 0 Å². The minimum atomic E-state index is -0.709. The topological polar surface area (TPSA) is 67.6 Å². The number of hydrogen-bond donors (Lipinski definition) is 1. The average molecular weight is 347 g/mol. The van der Waals surface area contributed by atoms with Crippen molar-refractivity contribution in [3.63, 3.8) is 0 Å². The first kappa shape index (κ1) is 17.6. The molecule has 1 heterocycles. The molecule has 7 heteroatoms. The zero-order valence-electron chi connectivity index (χ0n) is 14.5. The first-order chi connectivity index (χ1) is 11.9. The Bertz CT molecular complexity index is 759. The van der Waals surface area contributed by atoms with Gasteiger partial charge in [-0.3, -0.25) is 9.48 Å². The Hall–Kier alpha value is -2.25. The smallest absolute Gasteiger partial charge is 0.274 e. The lowest BCUT2D eigenvalue weighted by Crippen LogP contribution is -2.44. The predicted molar refractivity (Wildman–Crippen MR) is 90.5 cm³/mol. The van der Waals surface area contributed by atoms with Gasteiger partial charge in [0.05, 0.1) is 17.8 Å². The van der Waals surface area contributed by atoms with Gasteiger partial charge in [0.1, 0.15) is 11.9 Å². The van der Waals surface area contributed by atoms with E-state index in [4.69, 9.17) is 4.74 Å². The van der Waals surface area contributed by atoms with Crippen LogP contribution < -0.4 is 0 Å². The highest BCUT2D eigenvalue weighted by molar-refractivity contribution is 5.93. The van der Waals surface area contributed by atoms with Gasteiger partial charge in [0.15, 0.2) is 5.69 Å². The summed E-state index contributed by atoms with van der Waals surface area (Å²) in [5, 5.41) is 14.6. The van der Waals surface area contributed by atoms with Crippen LogP contribution in [0.15, 0.2) is 30.3 Å². The Labute approximate surface area is 145 Å². The molecule has 1 aliphatic carbocycles. The molecule has 25 heavy (non-hydrogen) atoms. The van der Waals surface area contributed by atoms with E-state index < -0.39 is 6.10 Å². The maximum atomic E-state index is 13.1. The number of amides is 1. The molecule has 0 radical (unpaired) electrons. The number of benzene rings is 1. The summed E-state index contributed by atoms with van der Waals surface area (Å²) < 4.78 is 19.9. The first-order valence-corrected chi connectivity index (χ1v) is 8.20. The largest absolute Gasteiger partial charge is 0.388 e. The van der Waals surface area contributed by atoms with E-state index in [-0.39, 0.29) is 29.6 Å². The van der Waals surface area contributed by atoms with Gasteiger partial charge in [-0.25, -0.2) is 4.39 Å². The SMILES string of the molecule is CO[C@@H]1CC[C@@H](N(C)C(=O)c2cc(-c3ccc(F)cc3)n(C)n2)[C@H]1O. The van der Waals surface area contributed by atoms with Crippen LogP contribution in [0.3, 0.4) is 0 Å². The molecule has 1 N–H and O–H groups in total. The van der Waals surface area contributed by atoms with Crippen LogP contribution in [0, 0.1) is 5.82 Å². The summed E-state index contributed by atoms with van der Waals surface area (Å²) >= 11 is 0. The van der Waals surface area contributed by atoms with Crippen LogP contribution in [0.25, 0.3) is 11.3 Å². The minimum Gasteiger partial charge on any atom is -0.388 e. The van der Waals surface area contributed by atoms with Crippen molar-refractivity contribution in [1.29, 1.82) is 0 Å². The van der Waals surface area contributed by atoms with Crippen LogP contribution in [-0.4, -0.2) is 58.1 Å². The van der Waals surface area contributed by atoms with E-state index >= 15 is 0 Å². The molecule has 0 saturated heterocycles. The molecular formula is C18H22FN3O3. The van der Waals surface area contributed by atoms with Gasteiger partial charge in [0.2, 0.25) is 0 Å². The molecule has 1 aliphatic rings. The lowest BCUT2D eigenvalue weighted by Gasteiger charge is -2.27. The van der Waals surface area contributed by atoms with Crippen molar-refractivity contribution in [3.8, 4) is 11.3 Å². The summed E-state index contributed by atoms with van der Waals surface area (Å²) in [6, 6.07) is 7.42. The summed E-state index contributed by atoms with van der Waals surface area (Å²) in [5.74, 6) is -0.574. The van der Waals surface area contributed by atoms with Gasteiger partial charge in [-0.05, 0) is 48.7 Å². The number of aliphatic hydroxyl groups is 1. The minimum absolute atomic E-state index is 0.251. The standard InChI is InChI=1S/C18H22FN3O3/c1-21(14-8-9-16(25-3)17(14)23)18(24)13-10-15(22(2)20-13)11-4-6-12(19)7-5-11/h4-7,10,14,16-17,23H,8-9H2,1-3H3/t14-,16-,17-/m1/s1. The molecule has 0 aliphatic heterocycles. The zero-order valence-corrected chi connectivity index (χ0v) is 14.5. The number of likely N-dealkylation sites (N-methyl/N-ethyl adjacent to an activating group) is 1. The van der Waals surface area contributed by atoms with Gasteiger partial charge in [0, 0.05) is 21.2 Å². The number of halogens is 1. The van der Waals surface area contributed by atoms with Crippen molar-refractivity contribution in [1.82, 2.24) is 14.7 Å². The van der Waals surface area contributed by atoms with Crippen LogP contribution in [0.4, 0.5) is 4.39 Å². The number of carbonyl (C=O) groups excluding carboxylic acids is 1. The summed E-state index contributed by atoms with van der Waals surface area (Å²) in [4.78, 5) is 14.3. The predicted octanol–water partition coefficient (Wildman–Crippen LogP) is 1.84. The molecule has 3 rings (SSSR count). The number of aliphatic hydroxyl groups excluding tert-OH is 1. The third-order valence-corrected chi connectivity index (χ3v) is 4.88. The number of nitrogens with zero attached hydrogens (tertiary/aromatic N) is 3. The molecule has 0 spiro atoms. The van der Waals surface area contributed by atoms with Gasteiger partial charge >= 0.3 is 0 Å². The van der Waals surface area contributed by atoms with Crippen LogP contribution in [-0.2, 0) is 11.8 Å². The van der Waals surface area contributed by atoms with Gasteiger partial charge in [-0.15, -0.1) is 0 Å². The monoisotopic (exact) mass is 347 g/mol. The number of aryl methyl sites for hydroxylation is 1. The third kappa shape index (κ3) is 3.29. The number of ether oxygens (including phenoxy) is 1. The van der Waals surface area contributed by atoms with Gasteiger partial charge in [-0.1, -0.05) is 0 Å². The molecule has 6 nitrogen and oxygen atoms in total. The Morgan fingerprint density at radius 2 is 2.04 bits per heavy atom. The number of carbonyl (C=O) groups is 1. The van der Waals surface area contributed by atoms with Crippen LogP contribution in [0.1, 0.15) is 23.3 Å². The molecule has 0 unspecified atom stereocenters. The normalized spacial score (nSPS) is 23.0. The van der Waals surface area contributed by atoms with E-state index in [2.05, 4.69) is 5.10 Å². The van der Waals surface area contributed by atoms with Gasteiger partial charge in [0.25, 0.3) is 5.91 Å². The maximum Gasteiger partial charge on any atom is 0.274 e. The first-order valence-electron chi connectivity index (χ1n) is 8.20. The molecule has 1 aromatic carbocycles. The number of methoxy groups -OCH3 is 1. The average Bonchev–Trinajstić information content (AvgIpc) is 3.17. The molecule has 1 saturated carbocycles. The second kappa shape index (κ2) is 6.93. The molecule has 3 atom stereocenters. The fourth-order valence-electron chi connectivity index (χ4n) is 3.40. The summed E-state index contributed by atoms with van der Waals surface area (Å²) in [6.07, 6.45) is 0.431. The quantitative estimate of drug-likeness (QED) is 0.916. The highest BCUT2D eigenvalue weighted by Gasteiger charge is 2.39. The Kier molecular flexibility index (Phi) is 4.87. The number of rotatable bonds is 4. The summed E-state index contributed by atoms with van der Waals surface area (Å²) in [5.41, 5.74) is 1.79. The maximum absolute atomic E-state index is 13.1. The van der Waals surface area contributed by atoms with E-state index in [1.807, 2.05) is 0 Å². The molecule has 0 bridgehead atoms. The molecule has 134 valence electrons. The Morgan fingerprint density at radius 3 is 2.64 bits per heavy atom. The number of aromatic nitrogens is 2. The molecule has 1 aromatic heterocycles.